The van der Waals surface area contributed by atoms with Gasteiger partial charge in [-0.15, -0.1) is 0 Å². The highest BCUT2D eigenvalue weighted by molar-refractivity contribution is 5.93. The zero-order valence-corrected chi connectivity index (χ0v) is 12.3. The average Bonchev–Trinajstić information content (AvgIpc) is 2.40. The third-order valence-electron chi connectivity index (χ3n) is 2.95. The molecule has 0 fully saturated rings. The molecule has 0 bridgehead atoms. The van der Waals surface area contributed by atoms with Crippen LogP contribution in [0, 0.1) is 0 Å². The molecule has 0 spiro atoms. The molecule has 0 aliphatic heterocycles. The van der Waals surface area contributed by atoms with Crippen LogP contribution in [0.3, 0.4) is 0 Å². The second-order valence-electron chi connectivity index (χ2n) is 4.63. The lowest BCUT2D eigenvalue weighted by Crippen LogP contribution is -2.32. The van der Waals surface area contributed by atoms with Crippen LogP contribution in [-0.2, 0) is 0 Å². The van der Waals surface area contributed by atoms with Crippen LogP contribution in [0.5, 0.6) is 0 Å². The van der Waals surface area contributed by atoms with Crippen LogP contribution in [0.4, 0.5) is 5.69 Å². The van der Waals surface area contributed by atoms with Gasteiger partial charge in [0.25, 0.3) is 5.91 Å². The van der Waals surface area contributed by atoms with Crippen LogP contribution in [-0.4, -0.2) is 56.1 Å². The van der Waals surface area contributed by atoms with Crippen molar-refractivity contribution in [2.75, 3.05) is 45.2 Å². The van der Waals surface area contributed by atoms with E-state index in [4.69, 9.17) is 0 Å². The molecule has 0 saturated carbocycles. The molecular formula is C14H24N4O. The number of carbonyl (C=O) groups excluding carboxylic acids is 1. The van der Waals surface area contributed by atoms with Crippen molar-refractivity contribution in [3.63, 3.8) is 0 Å². The summed E-state index contributed by atoms with van der Waals surface area (Å²) in [6, 6.07) is 3.78. The van der Waals surface area contributed by atoms with Crippen LogP contribution >= 0.6 is 0 Å². The summed E-state index contributed by atoms with van der Waals surface area (Å²) < 4.78 is 0. The van der Waals surface area contributed by atoms with Crippen LogP contribution in [0.15, 0.2) is 18.3 Å². The molecule has 0 radical (unpaired) electrons. The average molecular weight is 264 g/mol. The third-order valence-corrected chi connectivity index (χ3v) is 2.95. The van der Waals surface area contributed by atoms with Gasteiger partial charge in [-0.3, -0.25) is 9.78 Å². The Hall–Kier alpha value is -1.62. The van der Waals surface area contributed by atoms with Crippen LogP contribution < -0.4 is 10.2 Å². The number of amides is 1. The summed E-state index contributed by atoms with van der Waals surface area (Å²) in [5.41, 5.74) is 1.51. The minimum atomic E-state index is -0.115. The van der Waals surface area contributed by atoms with Gasteiger partial charge in [-0.1, -0.05) is 0 Å². The van der Waals surface area contributed by atoms with Gasteiger partial charge < -0.3 is 15.1 Å². The number of likely N-dealkylation sites (N-methyl/N-ethyl adjacent to an activating group) is 1. The van der Waals surface area contributed by atoms with E-state index in [0.29, 0.717) is 12.2 Å². The maximum atomic E-state index is 12.0. The van der Waals surface area contributed by atoms with Gasteiger partial charge in [0, 0.05) is 38.1 Å². The number of pyridine rings is 1. The number of aromatic nitrogens is 1. The van der Waals surface area contributed by atoms with E-state index in [1.807, 2.05) is 31.1 Å². The molecule has 106 valence electrons. The van der Waals surface area contributed by atoms with Gasteiger partial charge in [0.1, 0.15) is 5.69 Å². The van der Waals surface area contributed by atoms with Gasteiger partial charge in [0.05, 0.1) is 0 Å². The first-order chi connectivity index (χ1) is 9.08. The van der Waals surface area contributed by atoms with E-state index in [2.05, 4.69) is 29.0 Å². The van der Waals surface area contributed by atoms with Gasteiger partial charge in [0.15, 0.2) is 0 Å². The quantitative estimate of drug-likeness (QED) is 0.804. The molecule has 1 rings (SSSR count). The number of hydrogen-bond donors (Lipinski definition) is 1. The maximum Gasteiger partial charge on any atom is 0.269 e. The van der Waals surface area contributed by atoms with Crippen molar-refractivity contribution in [3.05, 3.63) is 24.0 Å². The first-order valence-corrected chi connectivity index (χ1v) is 6.72. The van der Waals surface area contributed by atoms with Crippen molar-refractivity contribution < 1.29 is 4.79 Å². The van der Waals surface area contributed by atoms with Crippen molar-refractivity contribution in [2.24, 2.45) is 0 Å². The smallest absolute Gasteiger partial charge is 0.269 e. The molecule has 0 unspecified atom stereocenters. The fourth-order valence-corrected chi connectivity index (χ4v) is 1.81. The minimum Gasteiger partial charge on any atom is -0.372 e. The second-order valence-corrected chi connectivity index (χ2v) is 4.63. The molecular weight excluding hydrogens is 240 g/mol. The Bertz CT molecular complexity index is 402. The molecule has 5 nitrogen and oxygen atoms in total. The Balaban J connectivity index is 2.67. The standard InChI is InChI=1S/C14H24N4O/c1-5-18(6-2)12-7-8-15-13(11-12)14(19)16-9-10-17(3)4/h7-8,11H,5-6,9-10H2,1-4H3,(H,16,19). The zero-order chi connectivity index (χ0) is 14.3. The Morgan fingerprint density at radius 2 is 2.00 bits per heavy atom. The van der Waals surface area contributed by atoms with E-state index in [1.165, 1.54) is 0 Å². The lowest BCUT2D eigenvalue weighted by atomic mass is 10.2. The Kier molecular flexibility index (Phi) is 6.29. The minimum absolute atomic E-state index is 0.115. The fraction of sp³-hybridized carbons (Fsp3) is 0.571. The van der Waals surface area contributed by atoms with E-state index >= 15 is 0 Å². The van der Waals surface area contributed by atoms with Crippen molar-refractivity contribution in [2.45, 2.75) is 13.8 Å². The molecule has 0 atom stereocenters. The topological polar surface area (TPSA) is 48.5 Å². The molecule has 0 aliphatic rings. The molecule has 0 aliphatic carbocycles. The summed E-state index contributed by atoms with van der Waals surface area (Å²) in [4.78, 5) is 20.3. The number of nitrogens with zero attached hydrogens (tertiary/aromatic N) is 3. The van der Waals surface area contributed by atoms with Gasteiger partial charge in [-0.05, 0) is 40.1 Å². The summed E-state index contributed by atoms with van der Waals surface area (Å²) in [6.45, 7) is 7.48. The summed E-state index contributed by atoms with van der Waals surface area (Å²) >= 11 is 0. The van der Waals surface area contributed by atoms with E-state index in [1.54, 1.807) is 6.20 Å². The van der Waals surface area contributed by atoms with Crippen molar-refractivity contribution >= 4 is 11.6 Å². The van der Waals surface area contributed by atoms with E-state index in [-0.39, 0.29) is 5.91 Å². The highest BCUT2D eigenvalue weighted by atomic mass is 16.1. The number of nitrogens with one attached hydrogen (secondary N) is 1. The van der Waals surface area contributed by atoms with Crippen molar-refractivity contribution in [1.29, 1.82) is 0 Å². The molecule has 1 amide bonds. The lowest BCUT2D eigenvalue weighted by molar-refractivity contribution is 0.0946. The predicted molar refractivity (Wildman–Crippen MR) is 78.7 cm³/mol. The van der Waals surface area contributed by atoms with Crippen LogP contribution in [0.2, 0.25) is 0 Å². The second kappa shape index (κ2) is 7.74. The molecule has 19 heavy (non-hydrogen) atoms. The van der Waals surface area contributed by atoms with Crippen molar-refractivity contribution in [1.82, 2.24) is 15.2 Å². The van der Waals surface area contributed by atoms with E-state index in [9.17, 15) is 4.79 Å². The number of hydrogen-bond acceptors (Lipinski definition) is 4. The molecule has 1 N–H and O–H groups in total. The number of anilines is 1. The summed E-state index contributed by atoms with van der Waals surface area (Å²) in [5, 5.41) is 2.87. The molecule has 0 saturated heterocycles. The Morgan fingerprint density at radius 3 is 2.58 bits per heavy atom. The van der Waals surface area contributed by atoms with Crippen LogP contribution in [0.1, 0.15) is 24.3 Å². The monoisotopic (exact) mass is 264 g/mol. The first-order valence-electron chi connectivity index (χ1n) is 6.72. The first kappa shape index (κ1) is 15.4. The van der Waals surface area contributed by atoms with E-state index in [0.717, 1.165) is 25.3 Å². The summed E-state index contributed by atoms with van der Waals surface area (Å²) in [7, 11) is 3.96. The largest absolute Gasteiger partial charge is 0.372 e. The maximum absolute atomic E-state index is 12.0. The SMILES string of the molecule is CCN(CC)c1ccnc(C(=O)NCCN(C)C)c1. The van der Waals surface area contributed by atoms with Crippen LogP contribution in [0.25, 0.3) is 0 Å². The number of rotatable bonds is 7. The third kappa shape index (κ3) is 4.87. The summed E-state index contributed by atoms with van der Waals surface area (Å²) in [5.74, 6) is -0.115. The molecule has 1 heterocycles. The number of carbonyl (C=O) groups is 1. The molecule has 5 heteroatoms. The highest BCUT2D eigenvalue weighted by Crippen LogP contribution is 2.13. The van der Waals surface area contributed by atoms with Gasteiger partial charge >= 0.3 is 0 Å². The van der Waals surface area contributed by atoms with Gasteiger partial charge in [-0.25, -0.2) is 0 Å². The lowest BCUT2D eigenvalue weighted by Gasteiger charge is -2.21. The van der Waals surface area contributed by atoms with Gasteiger partial charge in [-0.2, -0.15) is 0 Å². The summed E-state index contributed by atoms with van der Waals surface area (Å²) in [6.07, 6.45) is 1.69. The predicted octanol–water partition coefficient (Wildman–Crippen LogP) is 1.22. The van der Waals surface area contributed by atoms with Crippen molar-refractivity contribution in [3.8, 4) is 0 Å². The zero-order valence-electron chi connectivity index (χ0n) is 12.3. The normalized spacial score (nSPS) is 10.6. The fourth-order valence-electron chi connectivity index (χ4n) is 1.81. The molecule has 1 aromatic rings. The molecule has 0 aromatic carbocycles. The Labute approximate surface area is 115 Å². The Morgan fingerprint density at radius 1 is 1.32 bits per heavy atom. The van der Waals surface area contributed by atoms with E-state index < -0.39 is 0 Å². The van der Waals surface area contributed by atoms with Gasteiger partial charge in [0.2, 0.25) is 0 Å². The highest BCUT2D eigenvalue weighted by Gasteiger charge is 2.09. The molecule has 1 aromatic heterocycles.